The molecule has 0 aliphatic rings. The molecule has 3 N–H and O–H groups in total. The van der Waals surface area contributed by atoms with E-state index in [0.717, 1.165) is 23.3 Å². The molecule has 0 aromatic carbocycles. The Labute approximate surface area is 88.7 Å². The molecule has 0 aliphatic carbocycles. The molecule has 4 heteroatoms. The maximum absolute atomic E-state index is 9.82. The lowest BCUT2D eigenvalue weighted by Crippen LogP contribution is -2.05. The van der Waals surface area contributed by atoms with Gasteiger partial charge in [0.1, 0.15) is 5.82 Å². The fourth-order valence-corrected chi connectivity index (χ4v) is 1.71. The highest BCUT2D eigenvalue weighted by Crippen LogP contribution is 2.23. The minimum Gasteiger partial charge on any atom is -0.388 e. The lowest BCUT2D eigenvalue weighted by molar-refractivity contribution is 0.175. The smallest absolute Gasteiger partial charge is 0.129 e. The monoisotopic (exact) mass is 212 g/mol. The van der Waals surface area contributed by atoms with E-state index in [-0.39, 0.29) is 0 Å². The number of pyridine rings is 1. The first-order valence-corrected chi connectivity index (χ1v) is 5.93. The number of hydrogen-bond acceptors (Lipinski definition) is 4. The average molecular weight is 212 g/mol. The van der Waals surface area contributed by atoms with Crippen molar-refractivity contribution in [3.8, 4) is 0 Å². The van der Waals surface area contributed by atoms with Crippen molar-refractivity contribution >= 4 is 17.6 Å². The number of nitrogen functional groups attached to an aromatic ring is 1. The summed E-state index contributed by atoms with van der Waals surface area (Å²) >= 11 is 1.71. The maximum atomic E-state index is 9.82. The summed E-state index contributed by atoms with van der Waals surface area (Å²) in [4.78, 5) is 4.02. The van der Waals surface area contributed by atoms with E-state index in [1.54, 1.807) is 18.0 Å². The fraction of sp³-hybridized carbons (Fsp3) is 0.500. The van der Waals surface area contributed by atoms with Gasteiger partial charge in [0.05, 0.1) is 6.10 Å². The van der Waals surface area contributed by atoms with E-state index in [0.29, 0.717) is 5.82 Å². The molecule has 1 atom stereocenters. The second-order valence-electron chi connectivity index (χ2n) is 3.28. The van der Waals surface area contributed by atoms with Crippen molar-refractivity contribution in [2.24, 2.45) is 0 Å². The zero-order chi connectivity index (χ0) is 10.6. The number of aliphatic hydroxyl groups is 1. The number of hydrogen-bond donors (Lipinski definition) is 2. The van der Waals surface area contributed by atoms with Gasteiger partial charge in [-0.15, -0.1) is 0 Å². The van der Waals surface area contributed by atoms with Crippen LogP contribution in [0.4, 0.5) is 5.82 Å². The van der Waals surface area contributed by atoms with Crippen LogP contribution in [0.3, 0.4) is 0 Å². The highest BCUT2D eigenvalue weighted by molar-refractivity contribution is 7.98. The molecule has 0 spiro atoms. The van der Waals surface area contributed by atoms with Crippen molar-refractivity contribution < 1.29 is 5.11 Å². The van der Waals surface area contributed by atoms with Crippen molar-refractivity contribution in [1.82, 2.24) is 4.98 Å². The zero-order valence-electron chi connectivity index (χ0n) is 8.53. The van der Waals surface area contributed by atoms with Crippen molar-refractivity contribution in [2.45, 2.75) is 19.4 Å². The molecule has 1 rings (SSSR count). The summed E-state index contributed by atoms with van der Waals surface area (Å²) in [6, 6.07) is 1.90. The number of aryl methyl sites for hydroxylation is 1. The number of rotatable bonds is 4. The highest BCUT2D eigenvalue weighted by atomic mass is 32.2. The first-order valence-electron chi connectivity index (χ1n) is 4.54. The Morgan fingerprint density at radius 3 is 3.00 bits per heavy atom. The quantitative estimate of drug-likeness (QED) is 0.798. The Hall–Kier alpha value is -0.740. The second-order valence-corrected chi connectivity index (χ2v) is 4.27. The van der Waals surface area contributed by atoms with Crippen molar-refractivity contribution in [1.29, 1.82) is 0 Å². The average Bonchev–Trinajstić information content (AvgIpc) is 2.18. The largest absolute Gasteiger partial charge is 0.388 e. The topological polar surface area (TPSA) is 59.1 Å². The second kappa shape index (κ2) is 5.22. The summed E-state index contributed by atoms with van der Waals surface area (Å²) < 4.78 is 0. The Bertz CT molecular complexity index is 304. The van der Waals surface area contributed by atoms with E-state index in [4.69, 9.17) is 5.73 Å². The minimum atomic E-state index is -0.491. The summed E-state index contributed by atoms with van der Waals surface area (Å²) in [7, 11) is 0. The van der Waals surface area contributed by atoms with E-state index in [9.17, 15) is 5.11 Å². The molecule has 1 heterocycles. The first-order chi connectivity index (χ1) is 6.65. The molecule has 0 saturated carbocycles. The molecule has 0 saturated heterocycles. The summed E-state index contributed by atoms with van der Waals surface area (Å²) in [5, 5.41) is 9.82. The number of nitrogens with zero attached hydrogens (tertiary/aromatic N) is 1. The van der Waals surface area contributed by atoms with Crippen LogP contribution in [0.1, 0.15) is 23.7 Å². The molecule has 1 unspecified atom stereocenters. The Morgan fingerprint density at radius 2 is 2.36 bits per heavy atom. The van der Waals surface area contributed by atoms with Gasteiger partial charge in [-0.2, -0.15) is 11.8 Å². The van der Waals surface area contributed by atoms with Crippen LogP contribution < -0.4 is 5.73 Å². The van der Waals surface area contributed by atoms with Crippen LogP contribution in [0.25, 0.3) is 0 Å². The Morgan fingerprint density at radius 1 is 1.64 bits per heavy atom. The zero-order valence-corrected chi connectivity index (χ0v) is 9.34. The molecule has 0 aliphatic heterocycles. The van der Waals surface area contributed by atoms with Crippen LogP contribution in [0.15, 0.2) is 12.3 Å². The molecule has 0 amide bonds. The summed E-state index contributed by atoms with van der Waals surface area (Å²) in [5.74, 6) is 1.36. The van der Waals surface area contributed by atoms with Gasteiger partial charge in [0.2, 0.25) is 0 Å². The van der Waals surface area contributed by atoms with Crippen LogP contribution >= 0.6 is 11.8 Å². The summed E-state index contributed by atoms with van der Waals surface area (Å²) in [6.07, 6.45) is 3.95. The van der Waals surface area contributed by atoms with Crippen molar-refractivity contribution in [2.75, 3.05) is 17.7 Å². The molecule has 0 bridgehead atoms. The van der Waals surface area contributed by atoms with Crippen LogP contribution in [-0.4, -0.2) is 22.1 Å². The van der Waals surface area contributed by atoms with E-state index in [2.05, 4.69) is 4.98 Å². The normalized spacial score (nSPS) is 12.8. The number of aliphatic hydroxyl groups excluding tert-OH is 1. The number of aromatic nitrogens is 1. The highest BCUT2D eigenvalue weighted by Gasteiger charge is 2.11. The first kappa shape index (κ1) is 11.3. The van der Waals surface area contributed by atoms with Gasteiger partial charge < -0.3 is 10.8 Å². The molecule has 0 fully saturated rings. The molecule has 0 radical (unpaired) electrons. The Balaban J connectivity index is 2.77. The van der Waals surface area contributed by atoms with Crippen molar-refractivity contribution in [3.05, 3.63) is 23.4 Å². The van der Waals surface area contributed by atoms with Gasteiger partial charge in [-0.25, -0.2) is 4.98 Å². The molecular weight excluding hydrogens is 196 g/mol. The number of nitrogens with two attached hydrogens (primary N) is 1. The number of anilines is 1. The number of thioether (sulfide) groups is 1. The molecule has 3 nitrogen and oxygen atoms in total. The van der Waals surface area contributed by atoms with E-state index < -0.39 is 6.10 Å². The minimum absolute atomic E-state index is 0.434. The van der Waals surface area contributed by atoms with Crippen LogP contribution in [0.5, 0.6) is 0 Å². The van der Waals surface area contributed by atoms with Crippen LogP contribution in [-0.2, 0) is 0 Å². The molecule has 1 aromatic heterocycles. The summed E-state index contributed by atoms with van der Waals surface area (Å²) in [5.41, 5.74) is 7.46. The van der Waals surface area contributed by atoms with Gasteiger partial charge in [-0.3, -0.25) is 0 Å². The van der Waals surface area contributed by atoms with Gasteiger partial charge in [-0.05, 0) is 37.0 Å². The third-order valence-electron chi connectivity index (χ3n) is 2.04. The SMILES string of the molecule is CSCCC(O)c1cc(C)cnc1N. The van der Waals surface area contributed by atoms with Crippen LogP contribution in [0.2, 0.25) is 0 Å². The molecule has 1 aromatic rings. The van der Waals surface area contributed by atoms with Gasteiger partial charge >= 0.3 is 0 Å². The third-order valence-corrected chi connectivity index (χ3v) is 2.68. The standard InChI is InChI=1S/C10H16N2OS/c1-7-5-8(10(11)12-6-7)9(13)3-4-14-2/h5-6,9,13H,3-4H2,1-2H3,(H2,11,12). The van der Waals surface area contributed by atoms with Gasteiger partial charge in [-0.1, -0.05) is 0 Å². The van der Waals surface area contributed by atoms with Gasteiger partial charge in [0.25, 0.3) is 0 Å². The molecule has 78 valence electrons. The predicted molar refractivity (Wildman–Crippen MR) is 61.3 cm³/mol. The van der Waals surface area contributed by atoms with Crippen molar-refractivity contribution in [3.63, 3.8) is 0 Å². The predicted octanol–water partition coefficient (Wildman–Crippen LogP) is 1.76. The maximum Gasteiger partial charge on any atom is 0.129 e. The van der Waals surface area contributed by atoms with Gasteiger partial charge in [0.15, 0.2) is 0 Å². The molecule has 14 heavy (non-hydrogen) atoms. The van der Waals surface area contributed by atoms with E-state index in [1.165, 1.54) is 0 Å². The van der Waals surface area contributed by atoms with Gasteiger partial charge in [0, 0.05) is 11.8 Å². The lowest BCUT2D eigenvalue weighted by atomic mass is 10.1. The third kappa shape index (κ3) is 2.89. The van der Waals surface area contributed by atoms with E-state index in [1.807, 2.05) is 19.2 Å². The lowest BCUT2D eigenvalue weighted by Gasteiger charge is -2.12. The van der Waals surface area contributed by atoms with Crippen LogP contribution in [0, 0.1) is 6.92 Å². The summed E-state index contributed by atoms with van der Waals surface area (Å²) in [6.45, 7) is 1.94. The Kier molecular flexibility index (Phi) is 4.22. The van der Waals surface area contributed by atoms with E-state index >= 15 is 0 Å². The fourth-order valence-electron chi connectivity index (χ4n) is 1.25. The molecular formula is C10H16N2OS.